The topological polar surface area (TPSA) is 111 Å². The van der Waals surface area contributed by atoms with Crippen LogP contribution in [-0.4, -0.2) is 56.3 Å². The average Bonchev–Trinajstić information content (AvgIpc) is 3.74. The van der Waals surface area contributed by atoms with Gasteiger partial charge in [-0.25, -0.2) is 23.3 Å². The fourth-order valence-corrected chi connectivity index (χ4v) is 5.47. The molecular formula is C29H30F8N6O3. The summed E-state index contributed by atoms with van der Waals surface area (Å²) in [5.41, 5.74) is 1.02. The van der Waals surface area contributed by atoms with E-state index in [1.165, 1.54) is 23.0 Å². The Morgan fingerprint density at radius 2 is 1.67 bits per heavy atom. The van der Waals surface area contributed by atoms with E-state index in [1.807, 2.05) is 0 Å². The molecule has 0 bridgehead atoms. The van der Waals surface area contributed by atoms with Gasteiger partial charge >= 0.3 is 12.4 Å². The molecule has 3 heterocycles. The summed E-state index contributed by atoms with van der Waals surface area (Å²) >= 11 is 0. The van der Waals surface area contributed by atoms with Gasteiger partial charge in [-0.15, -0.1) is 0 Å². The molecule has 2 saturated carbocycles. The van der Waals surface area contributed by atoms with E-state index in [-0.39, 0.29) is 35.7 Å². The monoisotopic (exact) mass is 662 g/mol. The third-order valence-electron chi connectivity index (χ3n) is 7.98. The van der Waals surface area contributed by atoms with Gasteiger partial charge in [-0.1, -0.05) is 0 Å². The van der Waals surface area contributed by atoms with Gasteiger partial charge in [-0.05, 0) is 55.2 Å². The fraction of sp³-hybridized carbons (Fsp3) is 0.552. The Kier molecular flexibility index (Phi) is 9.40. The number of carbonyl (C=O) groups is 2. The van der Waals surface area contributed by atoms with E-state index in [0.29, 0.717) is 5.56 Å². The molecule has 46 heavy (non-hydrogen) atoms. The second kappa shape index (κ2) is 13.0. The summed E-state index contributed by atoms with van der Waals surface area (Å²) in [5.74, 6) is -5.23. The number of rotatable bonds is 11. The van der Waals surface area contributed by atoms with Crippen molar-refractivity contribution < 1.29 is 49.4 Å². The highest BCUT2D eigenvalue weighted by molar-refractivity contribution is 5.94. The number of alkyl halides is 8. The summed E-state index contributed by atoms with van der Waals surface area (Å²) in [5, 5.41) is 9.79. The molecule has 1 unspecified atom stereocenters. The average molecular weight is 663 g/mol. The van der Waals surface area contributed by atoms with E-state index in [2.05, 4.69) is 30.4 Å². The van der Waals surface area contributed by atoms with Crippen molar-refractivity contribution in [3.05, 3.63) is 53.6 Å². The number of pyridine rings is 1. The van der Waals surface area contributed by atoms with Crippen LogP contribution in [0.25, 0.3) is 5.65 Å². The van der Waals surface area contributed by atoms with E-state index in [9.17, 15) is 44.7 Å². The molecule has 2 aliphatic rings. The normalized spacial score (nSPS) is 18.6. The lowest BCUT2D eigenvalue weighted by Crippen LogP contribution is -2.37. The van der Waals surface area contributed by atoms with Gasteiger partial charge in [0.15, 0.2) is 12.3 Å². The molecule has 17 heteroatoms. The minimum atomic E-state index is -4.62. The third-order valence-corrected chi connectivity index (χ3v) is 7.98. The maximum absolute atomic E-state index is 14.0. The Bertz CT molecular complexity index is 1550. The summed E-state index contributed by atoms with van der Waals surface area (Å²) in [4.78, 5) is 33.9. The van der Waals surface area contributed by atoms with Crippen molar-refractivity contribution in [2.24, 2.45) is 11.8 Å². The van der Waals surface area contributed by atoms with Crippen molar-refractivity contribution in [1.82, 2.24) is 30.2 Å². The summed E-state index contributed by atoms with van der Waals surface area (Å²) in [6.45, 7) is -1.61. The highest BCUT2D eigenvalue weighted by Gasteiger charge is 2.40. The van der Waals surface area contributed by atoms with E-state index >= 15 is 0 Å². The van der Waals surface area contributed by atoms with Gasteiger partial charge in [-0.2, -0.15) is 31.4 Å². The van der Waals surface area contributed by atoms with Crippen molar-refractivity contribution in [3.63, 3.8) is 0 Å². The summed E-state index contributed by atoms with van der Waals surface area (Å²) in [7, 11) is 0. The van der Waals surface area contributed by atoms with Crippen LogP contribution >= 0.6 is 0 Å². The van der Waals surface area contributed by atoms with Crippen LogP contribution in [0.3, 0.4) is 0 Å². The number of fused-ring (bicyclic) bond motifs is 1. The van der Waals surface area contributed by atoms with Gasteiger partial charge in [0.05, 0.1) is 36.6 Å². The molecule has 2 aliphatic carbocycles. The second-order valence-corrected chi connectivity index (χ2v) is 11.7. The summed E-state index contributed by atoms with van der Waals surface area (Å²) in [6, 6.07) is 2.44. The first-order valence-electron chi connectivity index (χ1n) is 14.6. The van der Waals surface area contributed by atoms with Crippen LogP contribution in [0.4, 0.5) is 35.1 Å². The number of nitrogens with zero attached hydrogens (tertiary/aromatic N) is 4. The molecule has 9 nitrogen and oxygen atoms in total. The first-order valence-corrected chi connectivity index (χ1v) is 14.6. The molecule has 2 atom stereocenters. The number of imidazole rings is 1. The molecule has 2 fully saturated rings. The minimum Gasteiger partial charge on any atom is -0.468 e. The second-order valence-electron chi connectivity index (χ2n) is 11.7. The van der Waals surface area contributed by atoms with Crippen LogP contribution in [0.5, 0.6) is 5.88 Å². The highest BCUT2D eigenvalue weighted by atomic mass is 19.4. The van der Waals surface area contributed by atoms with Crippen LogP contribution in [0.1, 0.15) is 85.1 Å². The lowest BCUT2D eigenvalue weighted by atomic mass is 9.81. The molecule has 250 valence electrons. The zero-order chi connectivity index (χ0) is 33.3. The van der Waals surface area contributed by atoms with Gasteiger partial charge < -0.3 is 15.4 Å². The zero-order valence-corrected chi connectivity index (χ0v) is 24.2. The maximum Gasteiger partial charge on any atom is 0.422 e. The SMILES string of the molecule is O=C(CCC(F)(F)F)NC(c1cnn2cc([C@@H](NC(=O)c3ccnc(OCC(F)(F)F)c3)C3CCC(F)(F)CC3)nc2c1)C1CC1. The first kappa shape index (κ1) is 33.3. The van der Waals surface area contributed by atoms with Crippen molar-refractivity contribution in [2.75, 3.05) is 6.61 Å². The molecule has 0 saturated heterocycles. The Morgan fingerprint density at radius 3 is 2.33 bits per heavy atom. The van der Waals surface area contributed by atoms with Gasteiger partial charge in [0, 0.05) is 37.1 Å². The Hall–Kier alpha value is -4.05. The zero-order valence-electron chi connectivity index (χ0n) is 24.2. The number of ether oxygens (including phenoxy) is 1. The van der Waals surface area contributed by atoms with Crippen LogP contribution in [0.2, 0.25) is 0 Å². The molecule has 3 aromatic heterocycles. The quantitative estimate of drug-likeness (QED) is 0.234. The van der Waals surface area contributed by atoms with Crippen LogP contribution in [0.15, 0.2) is 36.8 Å². The lowest BCUT2D eigenvalue weighted by molar-refractivity contribution is -0.154. The van der Waals surface area contributed by atoms with Crippen LogP contribution in [0, 0.1) is 11.8 Å². The predicted octanol–water partition coefficient (Wildman–Crippen LogP) is 6.27. The molecule has 2 amide bonds. The van der Waals surface area contributed by atoms with E-state index in [0.717, 1.165) is 25.1 Å². The third kappa shape index (κ3) is 9.02. The minimum absolute atomic E-state index is 0.00910. The summed E-state index contributed by atoms with van der Waals surface area (Å²) in [6.07, 6.45) is -6.21. The standard InChI is InChI=1S/C29H30F8N6O3/c30-27(31)7-3-17(4-8-27)25(42-26(45)18-6-10-38-23(12-18)46-15-29(35,36)37)20-14-43-21(40-20)11-19(13-39-43)24(16-1-2-16)41-22(44)5-9-28(32,33)34/h6,10-14,16-17,24-25H,1-5,7-9,15H2,(H,41,44)(H,42,45)/t24?,25-/m0/s1. The Morgan fingerprint density at radius 1 is 0.978 bits per heavy atom. The Balaban J connectivity index is 1.38. The molecular weight excluding hydrogens is 632 g/mol. The van der Waals surface area contributed by atoms with Crippen LogP contribution < -0.4 is 15.4 Å². The molecule has 5 rings (SSSR count). The maximum atomic E-state index is 14.0. The number of hydrogen-bond donors (Lipinski definition) is 2. The number of halogens is 8. The molecule has 2 N–H and O–H groups in total. The molecule has 0 radical (unpaired) electrons. The fourth-order valence-electron chi connectivity index (χ4n) is 5.47. The van der Waals surface area contributed by atoms with Gasteiger partial charge in [-0.3, -0.25) is 9.59 Å². The number of amides is 2. The lowest BCUT2D eigenvalue weighted by Gasteiger charge is -2.33. The number of hydrogen-bond acceptors (Lipinski definition) is 6. The van der Waals surface area contributed by atoms with Crippen molar-refractivity contribution in [2.45, 2.75) is 81.7 Å². The van der Waals surface area contributed by atoms with Crippen molar-refractivity contribution >= 4 is 17.5 Å². The first-order chi connectivity index (χ1) is 21.6. The predicted molar refractivity (Wildman–Crippen MR) is 145 cm³/mol. The van der Waals surface area contributed by atoms with Gasteiger partial charge in [0.25, 0.3) is 5.91 Å². The summed E-state index contributed by atoms with van der Waals surface area (Å²) < 4.78 is 110. The number of aromatic nitrogens is 4. The highest BCUT2D eigenvalue weighted by Crippen LogP contribution is 2.43. The number of nitrogens with one attached hydrogen (secondary N) is 2. The van der Waals surface area contributed by atoms with E-state index < -0.39 is 86.3 Å². The smallest absolute Gasteiger partial charge is 0.422 e. The largest absolute Gasteiger partial charge is 0.468 e. The van der Waals surface area contributed by atoms with Gasteiger partial charge in [0.2, 0.25) is 17.7 Å². The number of carbonyl (C=O) groups excluding carboxylic acids is 2. The van der Waals surface area contributed by atoms with Crippen molar-refractivity contribution in [1.29, 1.82) is 0 Å². The molecule has 3 aromatic rings. The Labute approximate surface area is 257 Å². The molecule has 0 aliphatic heterocycles. The van der Waals surface area contributed by atoms with Gasteiger partial charge in [0.1, 0.15) is 0 Å². The molecule has 0 aromatic carbocycles. The van der Waals surface area contributed by atoms with Crippen LogP contribution in [-0.2, 0) is 4.79 Å². The van der Waals surface area contributed by atoms with E-state index in [1.54, 1.807) is 6.07 Å². The van der Waals surface area contributed by atoms with E-state index in [4.69, 9.17) is 0 Å². The molecule has 0 spiro atoms. The van der Waals surface area contributed by atoms with Crippen molar-refractivity contribution in [3.8, 4) is 5.88 Å².